The molecule has 116 valence electrons. The van der Waals surface area contributed by atoms with Crippen LogP contribution in [0, 0.1) is 0 Å². The summed E-state index contributed by atoms with van der Waals surface area (Å²) < 4.78 is 0. The average Bonchev–Trinajstić information content (AvgIpc) is 2.50. The third-order valence-electron chi connectivity index (χ3n) is 3.53. The van der Waals surface area contributed by atoms with Crippen LogP contribution in [0.2, 0.25) is 10.0 Å². The number of para-hydroxylation sites is 1. The average molecular weight is 353 g/mol. The Balaban J connectivity index is 2.12. The first-order valence-corrected chi connectivity index (χ1v) is 8.29. The Morgan fingerprint density at radius 3 is 2.45 bits per heavy atom. The summed E-state index contributed by atoms with van der Waals surface area (Å²) in [5.74, 6) is 0.464. The van der Waals surface area contributed by atoms with E-state index in [1.807, 2.05) is 18.2 Å². The molecule has 2 nitrogen and oxygen atoms in total. The molecule has 0 fully saturated rings. The van der Waals surface area contributed by atoms with Crippen LogP contribution in [-0.2, 0) is 0 Å². The van der Waals surface area contributed by atoms with E-state index in [9.17, 15) is 0 Å². The summed E-state index contributed by atoms with van der Waals surface area (Å²) in [5, 5.41) is 7.97. The van der Waals surface area contributed by atoms with Crippen LogP contribution < -0.4 is 10.6 Å². The van der Waals surface area contributed by atoms with Crippen LogP contribution in [0.1, 0.15) is 31.7 Å². The maximum atomic E-state index is 6.15. The lowest BCUT2D eigenvalue weighted by atomic mass is 9.97. The second kappa shape index (κ2) is 7.82. The normalized spacial score (nSPS) is 11.8. The van der Waals surface area contributed by atoms with Crippen LogP contribution in [0.5, 0.6) is 0 Å². The van der Waals surface area contributed by atoms with E-state index in [2.05, 4.69) is 30.5 Å². The molecule has 2 aromatic rings. The Labute approximate surface area is 146 Å². The van der Waals surface area contributed by atoms with Gasteiger partial charge >= 0.3 is 0 Å². The van der Waals surface area contributed by atoms with Gasteiger partial charge in [-0.1, -0.05) is 55.2 Å². The van der Waals surface area contributed by atoms with Gasteiger partial charge in [0.05, 0.1) is 10.7 Å². The van der Waals surface area contributed by atoms with Crippen LogP contribution in [0.15, 0.2) is 42.5 Å². The van der Waals surface area contributed by atoms with Crippen molar-refractivity contribution in [2.24, 2.45) is 0 Å². The minimum Gasteiger partial charge on any atom is -0.332 e. The molecule has 22 heavy (non-hydrogen) atoms. The molecule has 0 heterocycles. The summed E-state index contributed by atoms with van der Waals surface area (Å²) in [6, 6.07) is 13.4. The quantitative estimate of drug-likeness (QED) is 0.629. The topological polar surface area (TPSA) is 24.1 Å². The van der Waals surface area contributed by atoms with Crippen LogP contribution in [-0.4, -0.2) is 5.11 Å². The fraction of sp³-hybridized carbons (Fsp3) is 0.235. The number of hydrogen-bond donors (Lipinski definition) is 2. The SMILES string of the molecule is CCC(C)c1ccccc1NC(=S)Nc1ccc(Cl)cc1Cl. The molecule has 0 aromatic heterocycles. The third kappa shape index (κ3) is 4.35. The number of nitrogens with one attached hydrogen (secondary N) is 2. The summed E-state index contributed by atoms with van der Waals surface area (Å²) in [7, 11) is 0. The number of benzene rings is 2. The second-order valence-electron chi connectivity index (χ2n) is 5.10. The fourth-order valence-corrected chi connectivity index (χ4v) is 2.80. The maximum absolute atomic E-state index is 6.15. The smallest absolute Gasteiger partial charge is 0.175 e. The van der Waals surface area contributed by atoms with Crippen molar-refractivity contribution in [2.75, 3.05) is 10.6 Å². The Kier molecular flexibility index (Phi) is 6.07. The molecule has 1 unspecified atom stereocenters. The van der Waals surface area contributed by atoms with E-state index >= 15 is 0 Å². The van der Waals surface area contributed by atoms with Gasteiger partial charge in [-0.25, -0.2) is 0 Å². The van der Waals surface area contributed by atoms with Crippen LogP contribution >= 0.6 is 35.4 Å². The minimum atomic E-state index is 0.464. The minimum absolute atomic E-state index is 0.464. The van der Waals surface area contributed by atoms with E-state index in [1.54, 1.807) is 18.2 Å². The second-order valence-corrected chi connectivity index (χ2v) is 6.35. The van der Waals surface area contributed by atoms with E-state index in [4.69, 9.17) is 35.4 Å². The lowest BCUT2D eigenvalue weighted by molar-refractivity contribution is 0.736. The monoisotopic (exact) mass is 352 g/mol. The number of hydrogen-bond acceptors (Lipinski definition) is 1. The molecule has 0 bridgehead atoms. The fourth-order valence-electron chi connectivity index (χ4n) is 2.13. The molecule has 0 saturated carbocycles. The van der Waals surface area contributed by atoms with E-state index < -0.39 is 0 Å². The van der Waals surface area contributed by atoms with E-state index in [-0.39, 0.29) is 0 Å². The summed E-state index contributed by atoms with van der Waals surface area (Å²) in [6.45, 7) is 4.37. The zero-order chi connectivity index (χ0) is 16.1. The van der Waals surface area contributed by atoms with Crippen molar-refractivity contribution in [3.8, 4) is 0 Å². The van der Waals surface area contributed by atoms with Crippen molar-refractivity contribution in [1.82, 2.24) is 0 Å². The predicted octanol–water partition coefficient (Wildman–Crippen LogP) is 6.32. The molecular formula is C17H18Cl2N2S. The van der Waals surface area contributed by atoms with Crippen molar-refractivity contribution >= 4 is 51.9 Å². The molecule has 0 amide bonds. The van der Waals surface area contributed by atoms with E-state index in [1.165, 1.54) is 5.56 Å². The highest BCUT2D eigenvalue weighted by Crippen LogP contribution is 2.28. The van der Waals surface area contributed by atoms with Crippen LogP contribution in [0.4, 0.5) is 11.4 Å². The largest absolute Gasteiger partial charge is 0.332 e. The molecule has 2 N–H and O–H groups in total. The van der Waals surface area contributed by atoms with E-state index in [0.29, 0.717) is 21.1 Å². The Morgan fingerprint density at radius 2 is 1.77 bits per heavy atom. The van der Waals surface area contributed by atoms with Crippen LogP contribution in [0.25, 0.3) is 0 Å². The predicted molar refractivity (Wildman–Crippen MR) is 101 cm³/mol. The number of halogens is 2. The Hall–Kier alpha value is -1.29. The number of rotatable bonds is 4. The molecule has 1 atom stereocenters. The Bertz CT molecular complexity index is 673. The van der Waals surface area contributed by atoms with Gasteiger partial charge in [-0.2, -0.15) is 0 Å². The van der Waals surface area contributed by atoms with Gasteiger partial charge in [0.15, 0.2) is 5.11 Å². The zero-order valence-electron chi connectivity index (χ0n) is 12.5. The molecule has 0 aliphatic rings. The first-order valence-electron chi connectivity index (χ1n) is 7.13. The Morgan fingerprint density at radius 1 is 1.09 bits per heavy atom. The van der Waals surface area contributed by atoms with Gasteiger partial charge in [0, 0.05) is 10.7 Å². The van der Waals surface area contributed by atoms with Crippen molar-refractivity contribution < 1.29 is 0 Å². The third-order valence-corrected chi connectivity index (χ3v) is 4.28. The number of thiocarbonyl (C=S) groups is 1. The molecular weight excluding hydrogens is 335 g/mol. The first kappa shape index (κ1) is 17.1. The van der Waals surface area contributed by atoms with Gasteiger partial charge < -0.3 is 10.6 Å². The molecule has 0 spiro atoms. The summed E-state index contributed by atoms with van der Waals surface area (Å²) in [4.78, 5) is 0. The van der Waals surface area contributed by atoms with Crippen molar-refractivity contribution in [3.63, 3.8) is 0 Å². The van der Waals surface area contributed by atoms with Gasteiger partial charge in [0.25, 0.3) is 0 Å². The van der Waals surface area contributed by atoms with Crippen molar-refractivity contribution in [3.05, 3.63) is 58.1 Å². The van der Waals surface area contributed by atoms with Gasteiger partial charge in [0.1, 0.15) is 0 Å². The van der Waals surface area contributed by atoms with Gasteiger partial charge in [-0.15, -0.1) is 0 Å². The standard InChI is InChI=1S/C17H18Cl2N2S/c1-3-11(2)13-6-4-5-7-15(13)20-17(22)21-16-9-8-12(18)10-14(16)19/h4-11H,3H2,1-2H3,(H2,20,21,22). The molecule has 2 aromatic carbocycles. The van der Waals surface area contributed by atoms with Gasteiger partial charge in [-0.3, -0.25) is 0 Å². The van der Waals surface area contributed by atoms with Gasteiger partial charge in [0.2, 0.25) is 0 Å². The van der Waals surface area contributed by atoms with Crippen molar-refractivity contribution in [1.29, 1.82) is 0 Å². The summed E-state index contributed by atoms with van der Waals surface area (Å²) in [6.07, 6.45) is 1.07. The zero-order valence-corrected chi connectivity index (χ0v) is 14.8. The lowest BCUT2D eigenvalue weighted by Crippen LogP contribution is -2.20. The summed E-state index contributed by atoms with van der Waals surface area (Å²) in [5.41, 5.74) is 2.99. The van der Waals surface area contributed by atoms with Gasteiger partial charge in [-0.05, 0) is 54.4 Å². The lowest BCUT2D eigenvalue weighted by Gasteiger charge is -2.18. The molecule has 0 saturated heterocycles. The van der Waals surface area contributed by atoms with Crippen LogP contribution in [0.3, 0.4) is 0 Å². The molecule has 0 radical (unpaired) electrons. The number of anilines is 2. The highest BCUT2D eigenvalue weighted by Gasteiger charge is 2.10. The molecule has 0 aliphatic carbocycles. The molecule has 0 aliphatic heterocycles. The highest BCUT2D eigenvalue weighted by molar-refractivity contribution is 7.80. The molecule has 2 rings (SSSR count). The van der Waals surface area contributed by atoms with Crippen molar-refractivity contribution in [2.45, 2.75) is 26.2 Å². The first-order chi connectivity index (χ1) is 10.5. The molecule has 5 heteroatoms. The highest BCUT2D eigenvalue weighted by atomic mass is 35.5. The maximum Gasteiger partial charge on any atom is 0.175 e. The van der Waals surface area contributed by atoms with E-state index in [0.717, 1.165) is 17.8 Å². The summed E-state index contributed by atoms with van der Waals surface area (Å²) >= 11 is 17.4.